The summed E-state index contributed by atoms with van der Waals surface area (Å²) in [7, 11) is 0. The number of carbonyl (C=O) groups is 1. The Kier molecular flexibility index (Phi) is 4.25. The minimum absolute atomic E-state index is 0.0324. The summed E-state index contributed by atoms with van der Waals surface area (Å²) in [6, 6.07) is 12.1. The Morgan fingerprint density at radius 3 is 2.86 bits per heavy atom. The molecule has 0 radical (unpaired) electrons. The molecule has 22 heavy (non-hydrogen) atoms. The zero-order valence-electron chi connectivity index (χ0n) is 12.8. The molecule has 0 saturated heterocycles. The van der Waals surface area contributed by atoms with Gasteiger partial charge in [-0.05, 0) is 43.7 Å². The molecular formula is C17H20BrN3O. The van der Waals surface area contributed by atoms with Crippen LogP contribution in [0.25, 0.3) is 0 Å². The molecule has 2 amide bonds. The quantitative estimate of drug-likeness (QED) is 0.836. The number of rotatable bonds is 2. The van der Waals surface area contributed by atoms with Gasteiger partial charge >= 0.3 is 6.03 Å². The first kappa shape index (κ1) is 15.2. The minimum atomic E-state index is -0.0324. The summed E-state index contributed by atoms with van der Waals surface area (Å²) in [6.45, 7) is 5.84. The summed E-state index contributed by atoms with van der Waals surface area (Å²) in [5.41, 5.74) is 3.31. The molecule has 2 aromatic rings. The highest BCUT2D eigenvalue weighted by Gasteiger charge is 2.30. The third kappa shape index (κ3) is 2.77. The molecule has 0 aliphatic carbocycles. The van der Waals surface area contributed by atoms with Gasteiger partial charge in [0.1, 0.15) is 0 Å². The number of fused-ring (bicyclic) bond motifs is 1. The van der Waals surface area contributed by atoms with Gasteiger partial charge in [0, 0.05) is 34.6 Å². The number of benzene rings is 1. The molecule has 0 spiro atoms. The predicted molar refractivity (Wildman–Crippen MR) is 92.1 cm³/mol. The van der Waals surface area contributed by atoms with Gasteiger partial charge in [-0.25, -0.2) is 4.79 Å². The number of aryl methyl sites for hydroxylation is 1. The van der Waals surface area contributed by atoms with Crippen LogP contribution in [0.1, 0.15) is 30.8 Å². The van der Waals surface area contributed by atoms with E-state index in [1.54, 1.807) is 0 Å². The number of carbonyl (C=O) groups excluding carboxylic acids is 1. The van der Waals surface area contributed by atoms with Gasteiger partial charge in [-0.1, -0.05) is 28.9 Å². The molecule has 116 valence electrons. The molecule has 4 nitrogen and oxygen atoms in total. The zero-order chi connectivity index (χ0) is 15.7. The Morgan fingerprint density at radius 1 is 1.32 bits per heavy atom. The predicted octanol–water partition coefficient (Wildman–Crippen LogP) is 4.56. The number of hydrogen-bond acceptors (Lipinski definition) is 1. The second kappa shape index (κ2) is 6.16. The molecule has 1 atom stereocenters. The number of hydrogen-bond donors (Lipinski definition) is 1. The standard InChI is InChI=1S/C17H20BrN3O/c1-3-15-16-8-7-12(2)20(16)9-10-21(15)17(22)19-14-6-4-5-13(18)11-14/h4-8,11,15H,3,9-10H2,1-2H3,(H,19,22)/t15-/m0/s1. The molecule has 0 bridgehead atoms. The van der Waals surface area contributed by atoms with Crippen LogP contribution in [0.4, 0.5) is 10.5 Å². The minimum Gasteiger partial charge on any atom is -0.345 e. The maximum atomic E-state index is 12.7. The summed E-state index contributed by atoms with van der Waals surface area (Å²) in [5.74, 6) is 0. The first-order chi connectivity index (χ1) is 10.6. The number of anilines is 1. The summed E-state index contributed by atoms with van der Waals surface area (Å²) in [4.78, 5) is 14.6. The monoisotopic (exact) mass is 361 g/mol. The first-order valence-corrected chi connectivity index (χ1v) is 8.38. The van der Waals surface area contributed by atoms with Crippen LogP contribution in [0, 0.1) is 6.92 Å². The van der Waals surface area contributed by atoms with Gasteiger partial charge in [-0.15, -0.1) is 0 Å². The van der Waals surface area contributed by atoms with Crippen LogP contribution >= 0.6 is 15.9 Å². The molecule has 1 aromatic heterocycles. The van der Waals surface area contributed by atoms with Gasteiger partial charge in [-0.2, -0.15) is 0 Å². The second-order valence-electron chi connectivity index (χ2n) is 5.61. The third-order valence-corrected chi connectivity index (χ3v) is 4.73. The summed E-state index contributed by atoms with van der Waals surface area (Å²) in [6.07, 6.45) is 0.912. The summed E-state index contributed by atoms with van der Waals surface area (Å²) < 4.78 is 3.28. The average molecular weight is 362 g/mol. The van der Waals surface area contributed by atoms with Crippen LogP contribution in [0.15, 0.2) is 40.9 Å². The highest BCUT2D eigenvalue weighted by Crippen LogP contribution is 2.30. The van der Waals surface area contributed by atoms with E-state index in [2.05, 4.69) is 51.8 Å². The van der Waals surface area contributed by atoms with Gasteiger partial charge in [-0.3, -0.25) is 0 Å². The Morgan fingerprint density at radius 2 is 2.14 bits per heavy atom. The lowest BCUT2D eigenvalue weighted by Crippen LogP contribution is -2.44. The fraction of sp³-hybridized carbons (Fsp3) is 0.353. The van der Waals surface area contributed by atoms with Crippen LogP contribution in [0.5, 0.6) is 0 Å². The lowest BCUT2D eigenvalue weighted by atomic mass is 10.1. The van der Waals surface area contributed by atoms with Crippen molar-refractivity contribution in [3.8, 4) is 0 Å². The second-order valence-corrected chi connectivity index (χ2v) is 6.52. The lowest BCUT2D eigenvalue weighted by Gasteiger charge is -2.37. The Hall–Kier alpha value is -1.75. The maximum Gasteiger partial charge on any atom is 0.322 e. The van der Waals surface area contributed by atoms with Crippen molar-refractivity contribution in [3.05, 3.63) is 52.3 Å². The molecule has 1 aliphatic rings. The number of urea groups is 1. The Labute approximate surface area is 139 Å². The number of nitrogens with zero attached hydrogens (tertiary/aromatic N) is 2. The van der Waals surface area contributed by atoms with E-state index in [0.29, 0.717) is 0 Å². The van der Waals surface area contributed by atoms with Crippen LogP contribution < -0.4 is 5.32 Å². The van der Waals surface area contributed by atoms with Crippen molar-refractivity contribution in [2.24, 2.45) is 0 Å². The number of aromatic nitrogens is 1. The molecule has 0 unspecified atom stereocenters. The van der Waals surface area contributed by atoms with Crippen LogP contribution in [0.2, 0.25) is 0 Å². The van der Waals surface area contributed by atoms with Crippen LogP contribution in [0.3, 0.4) is 0 Å². The van der Waals surface area contributed by atoms with Crippen molar-refractivity contribution in [3.63, 3.8) is 0 Å². The van der Waals surface area contributed by atoms with Gasteiger partial charge in [0.05, 0.1) is 6.04 Å². The molecule has 1 aromatic carbocycles. The van der Waals surface area contributed by atoms with E-state index in [-0.39, 0.29) is 12.1 Å². The van der Waals surface area contributed by atoms with E-state index >= 15 is 0 Å². The number of nitrogens with one attached hydrogen (secondary N) is 1. The largest absolute Gasteiger partial charge is 0.345 e. The molecule has 0 saturated carbocycles. The molecule has 2 heterocycles. The van der Waals surface area contributed by atoms with Crippen molar-refractivity contribution in [1.82, 2.24) is 9.47 Å². The normalized spacial score (nSPS) is 17.2. The molecule has 5 heteroatoms. The summed E-state index contributed by atoms with van der Waals surface area (Å²) in [5, 5.41) is 3.00. The van der Waals surface area contributed by atoms with Crippen LogP contribution in [-0.2, 0) is 6.54 Å². The highest BCUT2D eigenvalue weighted by molar-refractivity contribution is 9.10. The summed E-state index contributed by atoms with van der Waals surface area (Å²) >= 11 is 3.43. The van der Waals surface area contributed by atoms with Gasteiger partial charge in [0.2, 0.25) is 0 Å². The van der Waals surface area contributed by atoms with E-state index in [1.807, 2.05) is 29.2 Å². The average Bonchev–Trinajstić information content (AvgIpc) is 2.88. The Bertz CT molecular complexity index is 695. The van der Waals surface area contributed by atoms with Crippen LogP contribution in [-0.4, -0.2) is 22.0 Å². The Balaban J connectivity index is 1.81. The van der Waals surface area contributed by atoms with E-state index in [9.17, 15) is 4.79 Å². The third-order valence-electron chi connectivity index (χ3n) is 4.24. The molecule has 3 rings (SSSR count). The van der Waals surface area contributed by atoms with Gasteiger partial charge in [0.25, 0.3) is 0 Å². The van der Waals surface area contributed by atoms with Gasteiger partial charge < -0.3 is 14.8 Å². The topological polar surface area (TPSA) is 37.3 Å². The maximum absolute atomic E-state index is 12.7. The van der Waals surface area contributed by atoms with Crippen molar-refractivity contribution >= 4 is 27.6 Å². The highest BCUT2D eigenvalue weighted by atomic mass is 79.9. The van der Waals surface area contributed by atoms with Crippen molar-refractivity contribution in [1.29, 1.82) is 0 Å². The van der Waals surface area contributed by atoms with E-state index in [0.717, 1.165) is 29.7 Å². The first-order valence-electron chi connectivity index (χ1n) is 7.59. The molecule has 1 aliphatic heterocycles. The number of amides is 2. The van der Waals surface area contributed by atoms with Crippen molar-refractivity contribution < 1.29 is 4.79 Å². The van der Waals surface area contributed by atoms with Crippen molar-refractivity contribution in [2.75, 3.05) is 11.9 Å². The molecular weight excluding hydrogens is 342 g/mol. The lowest BCUT2D eigenvalue weighted by molar-refractivity contribution is 0.165. The van der Waals surface area contributed by atoms with E-state index in [4.69, 9.17) is 0 Å². The van der Waals surface area contributed by atoms with Gasteiger partial charge in [0.15, 0.2) is 0 Å². The molecule has 1 N–H and O–H groups in total. The number of halogens is 1. The van der Waals surface area contributed by atoms with E-state index in [1.165, 1.54) is 11.4 Å². The van der Waals surface area contributed by atoms with E-state index < -0.39 is 0 Å². The van der Waals surface area contributed by atoms with Crippen molar-refractivity contribution in [2.45, 2.75) is 32.9 Å². The fourth-order valence-corrected chi connectivity index (χ4v) is 3.54. The fourth-order valence-electron chi connectivity index (χ4n) is 3.14. The molecule has 0 fully saturated rings. The SMILES string of the molecule is CC[C@H]1c2ccc(C)n2CCN1C(=O)Nc1cccc(Br)c1. The smallest absolute Gasteiger partial charge is 0.322 e. The zero-order valence-corrected chi connectivity index (χ0v) is 14.4.